The lowest BCUT2D eigenvalue weighted by atomic mass is 10.1. The summed E-state index contributed by atoms with van der Waals surface area (Å²) in [5.74, 6) is 2.08. The number of guanidine groups is 1. The number of hydrogen-bond donors (Lipinski definition) is 2. The van der Waals surface area contributed by atoms with E-state index in [9.17, 15) is 4.79 Å². The molecule has 0 atom stereocenters. The molecule has 0 aliphatic carbocycles. The second-order valence-corrected chi connectivity index (χ2v) is 8.61. The summed E-state index contributed by atoms with van der Waals surface area (Å²) < 4.78 is 10.5. The first-order valence-electron chi connectivity index (χ1n) is 11.0. The molecule has 0 spiro atoms. The number of aryl methyl sites for hydroxylation is 2. The molecule has 0 bridgehead atoms. The molecule has 1 heterocycles. The molecule has 9 heteroatoms. The molecule has 1 amide bonds. The maximum Gasteiger partial charge on any atom is 0.410 e. The summed E-state index contributed by atoms with van der Waals surface area (Å²) >= 11 is 0. The van der Waals surface area contributed by atoms with Gasteiger partial charge in [-0.1, -0.05) is 29.4 Å². The van der Waals surface area contributed by atoms with Crippen LogP contribution in [0.3, 0.4) is 0 Å². The van der Waals surface area contributed by atoms with Gasteiger partial charge in [-0.05, 0) is 52.2 Å². The molecule has 0 unspecified atom stereocenters. The van der Waals surface area contributed by atoms with Crippen molar-refractivity contribution in [2.45, 2.75) is 66.2 Å². The van der Waals surface area contributed by atoms with E-state index in [1.54, 1.807) is 11.9 Å². The van der Waals surface area contributed by atoms with Crippen molar-refractivity contribution in [1.29, 1.82) is 0 Å². The molecule has 0 fully saturated rings. The van der Waals surface area contributed by atoms with Gasteiger partial charge >= 0.3 is 6.09 Å². The molecule has 0 saturated carbocycles. The van der Waals surface area contributed by atoms with E-state index in [4.69, 9.17) is 9.26 Å². The summed E-state index contributed by atoms with van der Waals surface area (Å²) in [4.78, 5) is 22.5. The van der Waals surface area contributed by atoms with Gasteiger partial charge in [-0.25, -0.2) is 9.79 Å². The number of aliphatic imine (C=N–C) groups is 1. The minimum absolute atomic E-state index is 0.332. The Labute approximate surface area is 190 Å². The summed E-state index contributed by atoms with van der Waals surface area (Å²) in [5, 5.41) is 10.4. The van der Waals surface area contributed by atoms with Gasteiger partial charge in [0.05, 0.1) is 6.54 Å². The summed E-state index contributed by atoms with van der Waals surface area (Å²) in [6, 6.07) is 8.09. The summed E-state index contributed by atoms with van der Waals surface area (Å²) in [6.45, 7) is 12.0. The van der Waals surface area contributed by atoms with E-state index in [1.165, 1.54) is 0 Å². The van der Waals surface area contributed by atoms with Crippen LogP contribution in [0.2, 0.25) is 0 Å². The van der Waals surface area contributed by atoms with E-state index >= 15 is 0 Å². The molecule has 2 N–H and O–H groups in total. The Morgan fingerprint density at radius 1 is 1.19 bits per heavy atom. The van der Waals surface area contributed by atoms with Gasteiger partial charge in [0.25, 0.3) is 0 Å². The Morgan fingerprint density at radius 3 is 2.47 bits per heavy atom. The lowest BCUT2D eigenvalue weighted by Gasteiger charge is -2.24. The van der Waals surface area contributed by atoms with Gasteiger partial charge in [-0.2, -0.15) is 4.98 Å². The summed E-state index contributed by atoms with van der Waals surface area (Å²) in [7, 11) is 1.74. The van der Waals surface area contributed by atoms with Crippen LogP contribution in [-0.2, 0) is 24.2 Å². The maximum absolute atomic E-state index is 12.1. The zero-order valence-electron chi connectivity index (χ0n) is 20.1. The van der Waals surface area contributed by atoms with Crippen molar-refractivity contribution in [2.75, 3.05) is 20.1 Å². The van der Waals surface area contributed by atoms with Crippen LogP contribution in [0.5, 0.6) is 0 Å². The van der Waals surface area contributed by atoms with E-state index in [0.29, 0.717) is 24.8 Å². The predicted molar refractivity (Wildman–Crippen MR) is 124 cm³/mol. The first-order chi connectivity index (χ1) is 15.2. The number of benzene rings is 1. The van der Waals surface area contributed by atoms with Gasteiger partial charge in [-0.15, -0.1) is 0 Å². The van der Waals surface area contributed by atoms with Crippen molar-refractivity contribution in [3.05, 3.63) is 47.1 Å². The number of nitrogens with zero attached hydrogens (tertiary/aromatic N) is 4. The molecule has 0 radical (unpaired) electrons. The highest BCUT2D eigenvalue weighted by Crippen LogP contribution is 2.12. The van der Waals surface area contributed by atoms with Gasteiger partial charge in [0.2, 0.25) is 5.89 Å². The molecule has 0 saturated heterocycles. The molecule has 1 aromatic carbocycles. The largest absolute Gasteiger partial charge is 0.444 e. The quantitative estimate of drug-likeness (QED) is 0.347. The summed E-state index contributed by atoms with van der Waals surface area (Å²) in [5.41, 5.74) is 1.62. The highest BCUT2D eigenvalue weighted by Gasteiger charge is 2.19. The number of ether oxygens (including phenoxy) is 1. The lowest BCUT2D eigenvalue weighted by molar-refractivity contribution is 0.0285. The van der Waals surface area contributed by atoms with E-state index in [0.717, 1.165) is 43.0 Å². The second kappa shape index (κ2) is 12.1. The third kappa shape index (κ3) is 9.36. The Balaban J connectivity index is 1.82. The zero-order valence-corrected chi connectivity index (χ0v) is 20.1. The molecule has 176 valence electrons. The van der Waals surface area contributed by atoms with Crippen molar-refractivity contribution in [1.82, 2.24) is 25.7 Å². The van der Waals surface area contributed by atoms with E-state index < -0.39 is 5.60 Å². The average molecular weight is 445 g/mol. The van der Waals surface area contributed by atoms with Gasteiger partial charge in [0.15, 0.2) is 11.8 Å². The van der Waals surface area contributed by atoms with Crippen molar-refractivity contribution in [3.8, 4) is 0 Å². The predicted octanol–water partition coefficient (Wildman–Crippen LogP) is 3.43. The minimum atomic E-state index is -0.503. The molecule has 0 aliphatic heterocycles. The van der Waals surface area contributed by atoms with Gasteiger partial charge in [0.1, 0.15) is 5.60 Å². The number of carbonyl (C=O) groups excluding carboxylic acids is 1. The van der Waals surface area contributed by atoms with Gasteiger partial charge < -0.3 is 24.8 Å². The molecule has 32 heavy (non-hydrogen) atoms. The van der Waals surface area contributed by atoms with E-state index in [-0.39, 0.29) is 6.09 Å². The van der Waals surface area contributed by atoms with Crippen LogP contribution < -0.4 is 10.6 Å². The zero-order chi connectivity index (χ0) is 23.6. The highest BCUT2D eigenvalue weighted by atomic mass is 16.6. The van der Waals surface area contributed by atoms with Crippen LogP contribution >= 0.6 is 0 Å². The maximum atomic E-state index is 12.1. The molecule has 0 aliphatic rings. The first kappa shape index (κ1) is 25.2. The normalized spacial score (nSPS) is 11.9. The fourth-order valence-corrected chi connectivity index (χ4v) is 2.83. The van der Waals surface area contributed by atoms with Crippen molar-refractivity contribution >= 4 is 12.1 Å². The third-order valence-corrected chi connectivity index (χ3v) is 4.34. The van der Waals surface area contributed by atoms with E-state index in [1.807, 2.05) is 58.9 Å². The SMILES string of the molecule is CCNC(=NCc1ccc(CN(C)C(=O)OC(C)(C)C)cc1)NCCCc1nc(C)no1. The summed E-state index contributed by atoms with van der Waals surface area (Å²) in [6.07, 6.45) is 1.26. The van der Waals surface area contributed by atoms with Crippen molar-refractivity contribution in [3.63, 3.8) is 0 Å². The second-order valence-electron chi connectivity index (χ2n) is 8.61. The number of carbonyl (C=O) groups is 1. The number of rotatable bonds is 9. The molecular weight excluding hydrogens is 408 g/mol. The van der Waals surface area contributed by atoms with Gasteiger partial charge in [0, 0.05) is 33.1 Å². The molecule has 9 nitrogen and oxygen atoms in total. The van der Waals surface area contributed by atoms with Crippen LogP contribution in [0.4, 0.5) is 4.79 Å². The van der Waals surface area contributed by atoms with Crippen molar-refractivity contribution in [2.24, 2.45) is 4.99 Å². The molecule has 1 aromatic heterocycles. The monoisotopic (exact) mass is 444 g/mol. The van der Waals surface area contributed by atoms with E-state index in [2.05, 4.69) is 25.8 Å². The smallest absolute Gasteiger partial charge is 0.410 e. The van der Waals surface area contributed by atoms with Crippen LogP contribution in [0, 0.1) is 6.92 Å². The lowest BCUT2D eigenvalue weighted by Crippen LogP contribution is -2.37. The van der Waals surface area contributed by atoms with Crippen molar-refractivity contribution < 1.29 is 14.1 Å². The number of aromatic nitrogens is 2. The molecule has 2 rings (SSSR count). The third-order valence-electron chi connectivity index (χ3n) is 4.34. The van der Waals surface area contributed by atoms with Crippen LogP contribution in [0.15, 0.2) is 33.8 Å². The average Bonchev–Trinajstić information content (AvgIpc) is 3.14. The molecule has 2 aromatic rings. The highest BCUT2D eigenvalue weighted by molar-refractivity contribution is 5.79. The standard InChI is InChI=1S/C23H36N6O3/c1-7-24-21(25-14-8-9-20-27-17(2)28-32-20)26-15-18-10-12-19(13-11-18)16-29(6)22(30)31-23(3,4)5/h10-13H,7-9,14-16H2,1-6H3,(H2,24,25,26). The Kier molecular flexibility index (Phi) is 9.49. The first-order valence-corrected chi connectivity index (χ1v) is 11.0. The van der Waals surface area contributed by atoms with Crippen LogP contribution in [0.25, 0.3) is 0 Å². The Morgan fingerprint density at radius 2 is 1.88 bits per heavy atom. The minimum Gasteiger partial charge on any atom is -0.444 e. The Hall–Kier alpha value is -3.10. The molecular formula is C23H36N6O3. The van der Waals surface area contributed by atoms with Crippen LogP contribution in [0.1, 0.15) is 57.0 Å². The Bertz CT molecular complexity index is 871. The fraction of sp³-hybridized carbons (Fsp3) is 0.565. The topological polar surface area (TPSA) is 105 Å². The number of hydrogen-bond acceptors (Lipinski definition) is 6. The number of nitrogens with one attached hydrogen (secondary N) is 2. The van der Waals surface area contributed by atoms with Crippen LogP contribution in [-0.4, -0.2) is 52.8 Å². The fourth-order valence-electron chi connectivity index (χ4n) is 2.83. The van der Waals surface area contributed by atoms with Gasteiger partial charge in [-0.3, -0.25) is 0 Å². The number of amides is 1.